The van der Waals surface area contributed by atoms with Crippen LogP contribution < -0.4 is 10.2 Å². The molecule has 164 valence electrons. The molecule has 0 bridgehead atoms. The number of halogens is 1. The lowest BCUT2D eigenvalue weighted by Crippen LogP contribution is -2.52. The highest BCUT2D eigenvalue weighted by Crippen LogP contribution is 2.35. The van der Waals surface area contributed by atoms with E-state index in [0.29, 0.717) is 13.1 Å². The molecule has 1 N–H and O–H groups in total. The predicted octanol–water partition coefficient (Wildman–Crippen LogP) is 3.91. The molecule has 0 saturated carbocycles. The zero-order valence-electron chi connectivity index (χ0n) is 18.1. The molecular weight excluding hydrogens is 412 g/mol. The number of amides is 3. The van der Waals surface area contributed by atoms with Crippen molar-refractivity contribution in [2.45, 2.75) is 25.8 Å². The molecule has 2 saturated heterocycles. The molecule has 0 spiro atoms. The Morgan fingerprint density at radius 3 is 2.35 bits per heavy atom. The van der Waals surface area contributed by atoms with Gasteiger partial charge in [-0.1, -0.05) is 61.8 Å². The number of carbonyl (C=O) groups is 2. The van der Waals surface area contributed by atoms with E-state index in [0.717, 1.165) is 42.5 Å². The number of carbonyl (C=O) groups excluding carboxylic acids is 2. The summed E-state index contributed by atoms with van der Waals surface area (Å²) in [6, 6.07) is 17.1. The molecule has 0 aliphatic carbocycles. The van der Waals surface area contributed by atoms with Crippen LogP contribution in [0.5, 0.6) is 0 Å². The molecule has 0 aromatic heterocycles. The van der Waals surface area contributed by atoms with Gasteiger partial charge in [-0.25, -0.2) is 9.69 Å². The lowest BCUT2D eigenvalue weighted by atomic mass is 9.82. The minimum Gasteiger partial charge on any atom is -0.369 e. The maximum absolute atomic E-state index is 13.6. The maximum atomic E-state index is 13.6. The Morgan fingerprint density at radius 2 is 1.71 bits per heavy atom. The number of piperazine rings is 1. The minimum absolute atomic E-state index is 0.158. The summed E-state index contributed by atoms with van der Waals surface area (Å²) in [6.45, 7) is 7.63. The van der Waals surface area contributed by atoms with Crippen LogP contribution in [0, 0.1) is 5.92 Å². The molecule has 31 heavy (non-hydrogen) atoms. The third kappa shape index (κ3) is 4.41. The third-order valence-electron chi connectivity index (χ3n) is 6.04. The van der Waals surface area contributed by atoms with E-state index in [1.54, 1.807) is 0 Å². The Kier molecular flexibility index (Phi) is 6.21. The quantitative estimate of drug-likeness (QED) is 0.692. The van der Waals surface area contributed by atoms with Crippen LogP contribution in [0.2, 0.25) is 5.02 Å². The highest BCUT2D eigenvalue weighted by Gasteiger charge is 2.52. The molecule has 2 aromatic rings. The summed E-state index contributed by atoms with van der Waals surface area (Å²) in [5.41, 5.74) is 0.951. The zero-order chi connectivity index (χ0) is 22.0. The van der Waals surface area contributed by atoms with Crippen molar-refractivity contribution < 1.29 is 9.59 Å². The first-order chi connectivity index (χ1) is 14.9. The summed E-state index contributed by atoms with van der Waals surface area (Å²) < 4.78 is 0. The van der Waals surface area contributed by atoms with Crippen LogP contribution in [0.15, 0.2) is 54.6 Å². The summed E-state index contributed by atoms with van der Waals surface area (Å²) in [6.07, 6.45) is 0.570. The monoisotopic (exact) mass is 440 g/mol. The number of hydrogen-bond acceptors (Lipinski definition) is 4. The van der Waals surface area contributed by atoms with E-state index in [1.165, 1.54) is 4.90 Å². The SMILES string of the molecule is CC(C)C[C@]1(c2ccccc2)NC(=O)N(CN2CCN(c3cccc(Cl)c3)CC2)C1=O. The van der Waals surface area contributed by atoms with Gasteiger partial charge in [-0.15, -0.1) is 0 Å². The number of benzene rings is 2. The molecule has 2 heterocycles. The van der Waals surface area contributed by atoms with Crippen molar-refractivity contribution >= 4 is 29.2 Å². The van der Waals surface area contributed by atoms with Crippen LogP contribution in [0.1, 0.15) is 25.8 Å². The number of anilines is 1. The molecule has 4 rings (SSSR count). The van der Waals surface area contributed by atoms with Gasteiger partial charge in [0.25, 0.3) is 5.91 Å². The van der Waals surface area contributed by atoms with Crippen molar-refractivity contribution in [3.05, 3.63) is 65.2 Å². The summed E-state index contributed by atoms with van der Waals surface area (Å²) >= 11 is 6.13. The van der Waals surface area contributed by atoms with E-state index in [4.69, 9.17) is 11.6 Å². The fourth-order valence-electron chi connectivity index (χ4n) is 4.56. The average molecular weight is 441 g/mol. The number of nitrogens with one attached hydrogen (secondary N) is 1. The summed E-state index contributed by atoms with van der Waals surface area (Å²) in [7, 11) is 0. The van der Waals surface area contributed by atoms with Gasteiger partial charge in [-0.2, -0.15) is 0 Å². The van der Waals surface area contributed by atoms with Gasteiger partial charge in [0.15, 0.2) is 0 Å². The molecule has 0 unspecified atom stereocenters. The smallest absolute Gasteiger partial charge is 0.326 e. The Bertz CT molecular complexity index is 944. The molecule has 3 amide bonds. The van der Waals surface area contributed by atoms with E-state index in [-0.39, 0.29) is 17.9 Å². The van der Waals surface area contributed by atoms with Crippen LogP contribution in [0.3, 0.4) is 0 Å². The minimum atomic E-state index is -0.991. The van der Waals surface area contributed by atoms with Gasteiger partial charge in [-0.05, 0) is 36.1 Å². The summed E-state index contributed by atoms with van der Waals surface area (Å²) in [5.74, 6) is 0.0975. The second-order valence-corrected chi connectivity index (χ2v) is 9.20. The Morgan fingerprint density at radius 1 is 1.00 bits per heavy atom. The largest absolute Gasteiger partial charge is 0.369 e. The van der Waals surface area contributed by atoms with Crippen LogP contribution in [0.25, 0.3) is 0 Å². The molecule has 0 radical (unpaired) electrons. The predicted molar refractivity (Wildman–Crippen MR) is 123 cm³/mol. The maximum Gasteiger partial charge on any atom is 0.326 e. The molecular formula is C24H29ClN4O2. The highest BCUT2D eigenvalue weighted by molar-refractivity contribution is 6.30. The number of rotatable bonds is 6. The first kappa shape index (κ1) is 21.7. The van der Waals surface area contributed by atoms with Crippen molar-refractivity contribution in [2.75, 3.05) is 37.7 Å². The van der Waals surface area contributed by atoms with Crippen LogP contribution in [-0.2, 0) is 10.3 Å². The van der Waals surface area contributed by atoms with E-state index in [9.17, 15) is 9.59 Å². The van der Waals surface area contributed by atoms with Crippen LogP contribution in [-0.4, -0.2) is 54.6 Å². The lowest BCUT2D eigenvalue weighted by molar-refractivity contribution is -0.133. The molecule has 7 heteroatoms. The van der Waals surface area contributed by atoms with E-state index >= 15 is 0 Å². The Balaban J connectivity index is 1.46. The van der Waals surface area contributed by atoms with E-state index < -0.39 is 5.54 Å². The summed E-state index contributed by atoms with van der Waals surface area (Å²) in [5, 5.41) is 3.75. The summed E-state index contributed by atoms with van der Waals surface area (Å²) in [4.78, 5) is 32.3. The third-order valence-corrected chi connectivity index (χ3v) is 6.28. The van der Waals surface area contributed by atoms with Crippen LogP contribution in [0.4, 0.5) is 10.5 Å². The average Bonchev–Trinajstić information content (AvgIpc) is 2.99. The fourth-order valence-corrected chi connectivity index (χ4v) is 4.75. The first-order valence-corrected chi connectivity index (χ1v) is 11.2. The van der Waals surface area contributed by atoms with Gasteiger partial charge in [0, 0.05) is 36.9 Å². The number of urea groups is 1. The van der Waals surface area contributed by atoms with Gasteiger partial charge >= 0.3 is 6.03 Å². The van der Waals surface area contributed by atoms with Crippen molar-refractivity contribution in [2.24, 2.45) is 5.92 Å². The van der Waals surface area contributed by atoms with E-state index in [2.05, 4.69) is 35.0 Å². The van der Waals surface area contributed by atoms with Crippen molar-refractivity contribution in [3.8, 4) is 0 Å². The number of hydrogen-bond donors (Lipinski definition) is 1. The molecule has 1 atom stereocenters. The Hall–Kier alpha value is -2.57. The second kappa shape index (κ2) is 8.89. The Labute approximate surface area is 188 Å². The number of imide groups is 1. The standard InChI is InChI=1S/C24H29ClN4O2/c1-18(2)16-24(19-7-4-3-5-8-19)22(30)29(23(31)26-24)17-27-11-13-28(14-12-27)21-10-6-9-20(25)15-21/h3-10,15,18H,11-14,16-17H2,1-2H3,(H,26,31)/t24-/m1/s1. The van der Waals surface area contributed by atoms with Gasteiger partial charge in [0.1, 0.15) is 5.54 Å². The lowest BCUT2D eigenvalue weighted by Gasteiger charge is -2.37. The van der Waals surface area contributed by atoms with Crippen molar-refractivity contribution in [1.82, 2.24) is 15.1 Å². The molecule has 2 aliphatic heterocycles. The van der Waals surface area contributed by atoms with Gasteiger partial charge in [0.05, 0.1) is 6.67 Å². The highest BCUT2D eigenvalue weighted by atomic mass is 35.5. The normalized spacial score (nSPS) is 22.3. The molecule has 6 nitrogen and oxygen atoms in total. The topological polar surface area (TPSA) is 55.9 Å². The number of nitrogens with zero attached hydrogens (tertiary/aromatic N) is 3. The van der Waals surface area contributed by atoms with Crippen LogP contribution >= 0.6 is 11.6 Å². The second-order valence-electron chi connectivity index (χ2n) is 8.76. The fraction of sp³-hybridized carbons (Fsp3) is 0.417. The van der Waals surface area contributed by atoms with Gasteiger partial charge < -0.3 is 10.2 Å². The zero-order valence-corrected chi connectivity index (χ0v) is 18.8. The van der Waals surface area contributed by atoms with Crippen molar-refractivity contribution in [1.29, 1.82) is 0 Å². The van der Waals surface area contributed by atoms with Gasteiger partial charge in [-0.3, -0.25) is 9.69 Å². The van der Waals surface area contributed by atoms with Crippen molar-refractivity contribution in [3.63, 3.8) is 0 Å². The molecule has 2 fully saturated rings. The van der Waals surface area contributed by atoms with E-state index in [1.807, 2.05) is 48.5 Å². The first-order valence-electron chi connectivity index (χ1n) is 10.8. The van der Waals surface area contributed by atoms with Gasteiger partial charge in [0.2, 0.25) is 0 Å². The molecule has 2 aromatic carbocycles. The molecule has 2 aliphatic rings.